The van der Waals surface area contributed by atoms with Crippen LogP contribution in [0.15, 0.2) is 137 Å². The number of hydrogen-bond donors (Lipinski definition) is 3. The highest BCUT2D eigenvalue weighted by molar-refractivity contribution is 5.48. The van der Waals surface area contributed by atoms with Gasteiger partial charge in [0.2, 0.25) is 5.72 Å². The summed E-state index contributed by atoms with van der Waals surface area (Å²) in [7, 11) is 1.59. The fourth-order valence-corrected chi connectivity index (χ4v) is 6.11. The Labute approximate surface area is 271 Å². The first kappa shape index (κ1) is 32.1. The molecule has 0 saturated carbocycles. The van der Waals surface area contributed by atoms with Crippen LogP contribution >= 0.6 is 0 Å². The summed E-state index contributed by atoms with van der Waals surface area (Å²) in [6.07, 6.45) is -2.93. The topological polar surface area (TPSA) is 132 Å². The molecule has 1 saturated heterocycles. The molecule has 47 heavy (non-hydrogen) atoms. The van der Waals surface area contributed by atoms with Crippen molar-refractivity contribution < 1.29 is 29.2 Å². The van der Waals surface area contributed by atoms with Crippen molar-refractivity contribution in [1.82, 2.24) is 9.55 Å². The summed E-state index contributed by atoms with van der Waals surface area (Å²) in [4.78, 5) is 27.7. The maximum atomic E-state index is 13.3. The van der Waals surface area contributed by atoms with Crippen LogP contribution in [0.1, 0.15) is 22.3 Å². The number of nitrogens with zero attached hydrogens (tertiary/aromatic N) is 1. The first-order valence-electron chi connectivity index (χ1n) is 15.2. The SMILES string of the molecule is COc1ccc(C(OC[C@@]2(n3ccc(=O)[nH]c3=O)O[C@H](COCc3ccccc3)[C@@H](O)[C@H]2O)(c2ccccc2)c2ccccc2)cc1. The van der Waals surface area contributed by atoms with Crippen molar-refractivity contribution in [3.05, 3.63) is 171 Å². The largest absolute Gasteiger partial charge is 0.497 e. The molecule has 3 N–H and O–H groups in total. The third kappa shape index (κ3) is 6.29. The van der Waals surface area contributed by atoms with Gasteiger partial charge in [0.05, 0.1) is 26.9 Å². The second-order valence-corrected chi connectivity index (χ2v) is 11.3. The number of aliphatic hydroxyl groups is 2. The van der Waals surface area contributed by atoms with Crippen molar-refractivity contribution in [2.45, 2.75) is 36.2 Å². The van der Waals surface area contributed by atoms with Crippen molar-refractivity contribution >= 4 is 0 Å². The molecule has 5 aromatic rings. The zero-order chi connectivity index (χ0) is 32.9. The lowest BCUT2D eigenvalue weighted by Gasteiger charge is -2.41. The molecule has 1 aliphatic heterocycles. The number of aromatic nitrogens is 2. The molecule has 0 spiro atoms. The van der Waals surface area contributed by atoms with E-state index in [-0.39, 0.29) is 13.2 Å². The van der Waals surface area contributed by atoms with Gasteiger partial charge in [0.15, 0.2) is 0 Å². The van der Waals surface area contributed by atoms with E-state index in [4.69, 9.17) is 18.9 Å². The molecular formula is C37H36N2O8. The first-order chi connectivity index (χ1) is 22.9. The van der Waals surface area contributed by atoms with Gasteiger partial charge in [-0.2, -0.15) is 0 Å². The van der Waals surface area contributed by atoms with Gasteiger partial charge in [-0.15, -0.1) is 0 Å². The van der Waals surface area contributed by atoms with E-state index in [0.29, 0.717) is 5.75 Å². The smallest absolute Gasteiger partial charge is 0.330 e. The second-order valence-electron chi connectivity index (χ2n) is 11.3. The average Bonchev–Trinajstić information content (AvgIpc) is 3.35. The highest BCUT2D eigenvalue weighted by Crippen LogP contribution is 2.44. The summed E-state index contributed by atoms with van der Waals surface area (Å²) in [5.74, 6) is 0.649. The lowest BCUT2D eigenvalue weighted by molar-refractivity contribution is -0.203. The molecule has 242 valence electrons. The van der Waals surface area contributed by atoms with Crippen molar-refractivity contribution in [2.75, 3.05) is 20.3 Å². The van der Waals surface area contributed by atoms with Crippen molar-refractivity contribution in [3.8, 4) is 5.75 Å². The summed E-state index contributed by atoms with van der Waals surface area (Å²) in [5, 5.41) is 23.1. The van der Waals surface area contributed by atoms with Crippen LogP contribution in [0.25, 0.3) is 0 Å². The van der Waals surface area contributed by atoms with Crippen LogP contribution in [0.3, 0.4) is 0 Å². The van der Waals surface area contributed by atoms with Gasteiger partial charge >= 0.3 is 5.69 Å². The Morgan fingerprint density at radius 3 is 1.96 bits per heavy atom. The van der Waals surface area contributed by atoms with Gasteiger partial charge in [-0.25, -0.2) is 4.79 Å². The highest BCUT2D eigenvalue weighted by atomic mass is 16.6. The van der Waals surface area contributed by atoms with E-state index in [1.807, 2.05) is 115 Å². The zero-order valence-corrected chi connectivity index (χ0v) is 25.8. The highest BCUT2D eigenvalue weighted by Gasteiger charge is 2.57. The minimum Gasteiger partial charge on any atom is -0.497 e. The normalized spacial score (nSPS) is 21.0. The molecule has 1 aliphatic rings. The molecule has 0 unspecified atom stereocenters. The molecule has 4 atom stereocenters. The lowest BCUT2D eigenvalue weighted by Crippen LogP contribution is -2.55. The molecule has 10 heteroatoms. The number of ether oxygens (including phenoxy) is 4. The Balaban J connectivity index is 1.44. The predicted octanol–water partition coefficient (Wildman–Crippen LogP) is 3.54. The van der Waals surface area contributed by atoms with E-state index < -0.39 is 47.5 Å². The quantitative estimate of drug-likeness (QED) is 0.177. The van der Waals surface area contributed by atoms with Crippen LogP contribution in [0.5, 0.6) is 5.75 Å². The average molecular weight is 637 g/mol. The maximum absolute atomic E-state index is 13.3. The Kier molecular flexibility index (Phi) is 9.48. The van der Waals surface area contributed by atoms with Crippen LogP contribution in [0.2, 0.25) is 0 Å². The Morgan fingerprint density at radius 2 is 1.38 bits per heavy atom. The van der Waals surface area contributed by atoms with Crippen molar-refractivity contribution in [3.63, 3.8) is 0 Å². The van der Waals surface area contributed by atoms with E-state index in [1.54, 1.807) is 7.11 Å². The number of hydrogen-bond acceptors (Lipinski definition) is 8. The lowest BCUT2D eigenvalue weighted by atomic mass is 9.80. The number of benzene rings is 4. The number of aromatic amines is 1. The molecular weight excluding hydrogens is 600 g/mol. The molecule has 10 nitrogen and oxygen atoms in total. The van der Waals surface area contributed by atoms with Crippen LogP contribution < -0.4 is 16.0 Å². The fourth-order valence-electron chi connectivity index (χ4n) is 6.11. The zero-order valence-electron chi connectivity index (χ0n) is 25.8. The van der Waals surface area contributed by atoms with Gasteiger partial charge in [0.25, 0.3) is 5.56 Å². The number of rotatable bonds is 12. The molecule has 1 fully saturated rings. The van der Waals surface area contributed by atoms with Gasteiger partial charge in [-0.05, 0) is 34.4 Å². The van der Waals surface area contributed by atoms with E-state index in [1.165, 1.54) is 6.20 Å². The van der Waals surface area contributed by atoms with Crippen LogP contribution in [0.4, 0.5) is 0 Å². The molecule has 0 amide bonds. The molecule has 2 heterocycles. The standard InChI is InChI=1S/C37H36N2O8/c1-44-30-19-17-29(18-20-30)37(27-13-7-3-8-14-27,28-15-9-4-10-16-28)46-25-36(39-22-21-32(40)38-35(39)43)34(42)33(41)31(47-36)24-45-23-26-11-5-2-6-12-26/h2-22,31,33-34,41-42H,23-25H2,1H3,(H,38,40,43)/t31-,33-,34-,36-/m1/s1. The molecule has 1 aromatic heterocycles. The Morgan fingerprint density at radius 1 is 0.809 bits per heavy atom. The van der Waals surface area contributed by atoms with Crippen LogP contribution in [-0.4, -0.2) is 58.4 Å². The third-order valence-electron chi connectivity index (χ3n) is 8.50. The van der Waals surface area contributed by atoms with Gasteiger partial charge in [-0.3, -0.25) is 14.3 Å². The molecule has 6 rings (SSSR count). The van der Waals surface area contributed by atoms with Gasteiger partial charge in [0, 0.05) is 12.3 Å². The van der Waals surface area contributed by atoms with E-state index in [9.17, 15) is 19.8 Å². The maximum Gasteiger partial charge on any atom is 0.330 e. The predicted molar refractivity (Wildman–Crippen MR) is 174 cm³/mol. The van der Waals surface area contributed by atoms with Gasteiger partial charge < -0.3 is 29.2 Å². The second kappa shape index (κ2) is 13.9. The molecule has 0 bridgehead atoms. The molecule has 0 aliphatic carbocycles. The summed E-state index contributed by atoms with van der Waals surface area (Å²) < 4.78 is 25.8. The van der Waals surface area contributed by atoms with Crippen LogP contribution in [-0.2, 0) is 32.1 Å². The van der Waals surface area contributed by atoms with Crippen molar-refractivity contribution in [1.29, 1.82) is 0 Å². The number of methoxy groups -OCH3 is 1. The minimum atomic E-state index is -1.97. The number of aliphatic hydroxyl groups excluding tert-OH is 2. The third-order valence-corrected chi connectivity index (χ3v) is 8.50. The Bertz CT molecular complexity index is 1820. The fraction of sp³-hybridized carbons (Fsp3) is 0.243. The Hall–Kier alpha value is -4.84. The van der Waals surface area contributed by atoms with E-state index in [2.05, 4.69) is 4.98 Å². The monoisotopic (exact) mass is 636 g/mol. The molecule has 4 aromatic carbocycles. The summed E-state index contributed by atoms with van der Waals surface area (Å²) in [5.41, 5.74) is -1.55. The van der Waals surface area contributed by atoms with Gasteiger partial charge in [0.1, 0.15) is 29.7 Å². The molecule has 0 radical (unpaired) electrons. The first-order valence-corrected chi connectivity index (χ1v) is 15.2. The summed E-state index contributed by atoms with van der Waals surface area (Å²) in [6, 6.07) is 37.2. The van der Waals surface area contributed by atoms with Crippen molar-refractivity contribution in [2.24, 2.45) is 0 Å². The van der Waals surface area contributed by atoms with E-state index in [0.717, 1.165) is 32.9 Å². The van der Waals surface area contributed by atoms with Crippen LogP contribution in [0, 0.1) is 0 Å². The number of H-pyrrole nitrogens is 1. The van der Waals surface area contributed by atoms with E-state index >= 15 is 0 Å². The number of nitrogens with one attached hydrogen (secondary N) is 1. The summed E-state index contributed by atoms with van der Waals surface area (Å²) in [6.45, 7) is -0.273. The summed E-state index contributed by atoms with van der Waals surface area (Å²) >= 11 is 0. The van der Waals surface area contributed by atoms with Gasteiger partial charge in [-0.1, -0.05) is 103 Å². The minimum absolute atomic E-state index is 0.0893.